The average molecular weight is 263 g/mol. The number of aliphatic hydroxyl groups is 1. The number of benzene rings is 1. The second-order valence-corrected chi connectivity index (χ2v) is 5.15. The summed E-state index contributed by atoms with van der Waals surface area (Å²) in [5.41, 5.74) is 8.10. The molecule has 0 saturated carbocycles. The number of rotatable bonds is 3. The number of anilines is 2. The van der Waals surface area contributed by atoms with E-state index in [1.165, 1.54) is 0 Å². The highest BCUT2D eigenvalue weighted by atomic mass is 16.3. The topological polar surface area (TPSA) is 78.6 Å². The summed E-state index contributed by atoms with van der Waals surface area (Å²) in [5.74, 6) is -0.0537. The molecule has 4 N–H and O–H groups in total. The first-order valence-corrected chi connectivity index (χ1v) is 6.61. The number of hydrogen-bond acceptors (Lipinski definition) is 4. The predicted octanol–water partition coefficient (Wildman–Crippen LogP) is 0.972. The fourth-order valence-corrected chi connectivity index (χ4v) is 2.39. The van der Waals surface area contributed by atoms with Crippen LogP contribution in [0.1, 0.15) is 18.4 Å². The molecule has 1 saturated heterocycles. The molecule has 1 unspecified atom stereocenters. The number of nitrogens with two attached hydrogens (primary N) is 1. The molecule has 0 spiro atoms. The zero-order valence-corrected chi connectivity index (χ0v) is 11.2. The van der Waals surface area contributed by atoms with Crippen LogP contribution in [0.5, 0.6) is 0 Å². The van der Waals surface area contributed by atoms with E-state index in [0.717, 1.165) is 30.6 Å². The lowest BCUT2D eigenvalue weighted by Gasteiger charge is -2.29. The lowest BCUT2D eigenvalue weighted by atomic mass is 10.1. The summed E-state index contributed by atoms with van der Waals surface area (Å²) < 4.78 is 0. The molecule has 1 atom stereocenters. The van der Waals surface area contributed by atoms with Gasteiger partial charge in [0.2, 0.25) is 5.91 Å². The monoisotopic (exact) mass is 263 g/mol. The highest BCUT2D eigenvalue weighted by Crippen LogP contribution is 2.17. The third-order valence-electron chi connectivity index (χ3n) is 3.37. The van der Waals surface area contributed by atoms with Crippen LogP contribution in [0.4, 0.5) is 11.4 Å². The third-order valence-corrected chi connectivity index (χ3v) is 3.37. The van der Waals surface area contributed by atoms with Gasteiger partial charge in [0.25, 0.3) is 0 Å². The highest BCUT2D eigenvalue weighted by Gasteiger charge is 2.19. The van der Waals surface area contributed by atoms with Gasteiger partial charge in [-0.1, -0.05) is 0 Å². The largest absolute Gasteiger partial charge is 0.399 e. The van der Waals surface area contributed by atoms with Crippen LogP contribution in [0, 0.1) is 6.92 Å². The Morgan fingerprint density at radius 2 is 2.37 bits per heavy atom. The van der Waals surface area contributed by atoms with E-state index in [-0.39, 0.29) is 12.0 Å². The molecule has 1 amide bonds. The first-order valence-electron chi connectivity index (χ1n) is 6.61. The first-order chi connectivity index (χ1) is 9.04. The van der Waals surface area contributed by atoms with Gasteiger partial charge >= 0.3 is 0 Å². The molecule has 0 radical (unpaired) electrons. The zero-order chi connectivity index (χ0) is 13.8. The van der Waals surface area contributed by atoms with Gasteiger partial charge in [-0.25, -0.2) is 0 Å². The van der Waals surface area contributed by atoms with Gasteiger partial charge in [0.15, 0.2) is 0 Å². The fourth-order valence-electron chi connectivity index (χ4n) is 2.39. The summed E-state index contributed by atoms with van der Waals surface area (Å²) in [6.07, 6.45) is 1.46. The average Bonchev–Trinajstić information content (AvgIpc) is 2.33. The van der Waals surface area contributed by atoms with Crippen LogP contribution in [0.3, 0.4) is 0 Å². The van der Waals surface area contributed by atoms with Gasteiger partial charge < -0.3 is 16.2 Å². The van der Waals surface area contributed by atoms with Gasteiger partial charge in [-0.05, 0) is 50.1 Å². The normalized spacial score (nSPS) is 20.2. The molecule has 1 aliphatic heterocycles. The van der Waals surface area contributed by atoms with E-state index < -0.39 is 0 Å². The van der Waals surface area contributed by atoms with Crippen molar-refractivity contribution in [1.29, 1.82) is 0 Å². The lowest BCUT2D eigenvalue weighted by molar-refractivity contribution is -0.118. The molecule has 19 heavy (non-hydrogen) atoms. The molecular formula is C14H21N3O2. The predicted molar refractivity (Wildman–Crippen MR) is 75.9 cm³/mol. The number of amides is 1. The molecule has 104 valence electrons. The molecule has 1 fully saturated rings. The number of carbonyl (C=O) groups excluding carboxylic acids is 1. The summed E-state index contributed by atoms with van der Waals surface area (Å²) in [6.45, 7) is 3.68. The number of piperidine rings is 1. The molecule has 0 aliphatic carbocycles. The minimum absolute atomic E-state index is 0.0537. The summed E-state index contributed by atoms with van der Waals surface area (Å²) in [7, 11) is 0. The maximum absolute atomic E-state index is 12.0. The molecule has 1 aromatic rings. The van der Waals surface area contributed by atoms with Crippen molar-refractivity contribution >= 4 is 17.3 Å². The van der Waals surface area contributed by atoms with Crippen molar-refractivity contribution in [3.8, 4) is 0 Å². The minimum Gasteiger partial charge on any atom is -0.399 e. The third kappa shape index (κ3) is 3.94. The van der Waals surface area contributed by atoms with Gasteiger partial charge in [0, 0.05) is 17.9 Å². The number of β-amino-alcohol motifs (C(OH)–C–C–N with tert-alkyl or cyclic N) is 1. The van der Waals surface area contributed by atoms with E-state index in [9.17, 15) is 9.90 Å². The number of aryl methyl sites for hydroxylation is 1. The molecule has 5 heteroatoms. The number of carbonyl (C=O) groups is 1. The molecule has 1 aromatic carbocycles. The highest BCUT2D eigenvalue weighted by molar-refractivity contribution is 5.93. The van der Waals surface area contributed by atoms with Crippen LogP contribution >= 0.6 is 0 Å². The van der Waals surface area contributed by atoms with Crippen LogP contribution in [-0.4, -0.2) is 41.7 Å². The summed E-state index contributed by atoms with van der Waals surface area (Å²) in [6, 6.07) is 5.42. The Hall–Kier alpha value is -1.59. The van der Waals surface area contributed by atoms with Crippen LogP contribution in [0.2, 0.25) is 0 Å². The van der Waals surface area contributed by atoms with E-state index >= 15 is 0 Å². The van der Waals surface area contributed by atoms with Crippen molar-refractivity contribution in [2.24, 2.45) is 0 Å². The zero-order valence-electron chi connectivity index (χ0n) is 11.2. The van der Waals surface area contributed by atoms with Gasteiger partial charge in [-0.3, -0.25) is 9.69 Å². The summed E-state index contributed by atoms with van der Waals surface area (Å²) >= 11 is 0. The van der Waals surface area contributed by atoms with Gasteiger partial charge in [-0.2, -0.15) is 0 Å². The first kappa shape index (κ1) is 13.8. The van der Waals surface area contributed by atoms with Gasteiger partial charge in [0.1, 0.15) is 0 Å². The number of nitrogen functional groups attached to an aromatic ring is 1. The molecule has 0 aromatic heterocycles. The number of nitrogens with zero attached hydrogens (tertiary/aromatic N) is 1. The number of aliphatic hydroxyl groups excluding tert-OH is 1. The Morgan fingerprint density at radius 3 is 3.05 bits per heavy atom. The van der Waals surface area contributed by atoms with Crippen molar-refractivity contribution in [3.05, 3.63) is 23.8 Å². The van der Waals surface area contributed by atoms with Crippen molar-refractivity contribution in [1.82, 2.24) is 4.90 Å². The molecule has 1 aliphatic rings. The van der Waals surface area contributed by atoms with Crippen molar-refractivity contribution in [2.75, 3.05) is 30.7 Å². The van der Waals surface area contributed by atoms with Crippen molar-refractivity contribution in [2.45, 2.75) is 25.9 Å². The number of likely N-dealkylation sites (tertiary alicyclic amines) is 1. The Bertz CT molecular complexity index is 462. The molecule has 5 nitrogen and oxygen atoms in total. The molecule has 0 bridgehead atoms. The van der Waals surface area contributed by atoms with Crippen LogP contribution < -0.4 is 11.1 Å². The van der Waals surface area contributed by atoms with Crippen LogP contribution in [0.15, 0.2) is 18.2 Å². The quantitative estimate of drug-likeness (QED) is 0.710. The second-order valence-electron chi connectivity index (χ2n) is 5.15. The van der Waals surface area contributed by atoms with E-state index in [1.807, 2.05) is 24.0 Å². The lowest BCUT2D eigenvalue weighted by Crippen LogP contribution is -2.42. The second kappa shape index (κ2) is 6.04. The Morgan fingerprint density at radius 1 is 1.58 bits per heavy atom. The summed E-state index contributed by atoms with van der Waals surface area (Å²) in [5, 5.41) is 12.5. The van der Waals surface area contributed by atoms with Gasteiger partial charge in [-0.15, -0.1) is 0 Å². The fraction of sp³-hybridized carbons (Fsp3) is 0.500. The molecule has 2 rings (SSSR count). The smallest absolute Gasteiger partial charge is 0.238 e. The Labute approximate surface area is 113 Å². The Kier molecular flexibility index (Phi) is 4.39. The van der Waals surface area contributed by atoms with Crippen LogP contribution in [-0.2, 0) is 4.79 Å². The maximum Gasteiger partial charge on any atom is 0.238 e. The Balaban J connectivity index is 1.90. The van der Waals surface area contributed by atoms with Crippen molar-refractivity contribution in [3.63, 3.8) is 0 Å². The number of nitrogens with one attached hydrogen (secondary N) is 1. The SMILES string of the molecule is Cc1cc(N)ccc1NC(=O)CN1CCCC(O)C1. The minimum atomic E-state index is -0.306. The standard InChI is InChI=1S/C14H21N3O2/c1-10-7-11(15)4-5-13(10)16-14(19)9-17-6-2-3-12(18)8-17/h4-5,7,12,18H,2-3,6,8-9,15H2,1H3,(H,16,19). The van der Waals surface area contributed by atoms with E-state index in [0.29, 0.717) is 18.8 Å². The van der Waals surface area contributed by atoms with Crippen molar-refractivity contribution < 1.29 is 9.90 Å². The molecular weight excluding hydrogens is 242 g/mol. The van der Waals surface area contributed by atoms with Crippen LogP contribution in [0.25, 0.3) is 0 Å². The van der Waals surface area contributed by atoms with Gasteiger partial charge in [0.05, 0.1) is 12.6 Å². The number of hydrogen-bond donors (Lipinski definition) is 3. The van der Waals surface area contributed by atoms with E-state index in [4.69, 9.17) is 5.73 Å². The molecule has 1 heterocycles. The summed E-state index contributed by atoms with van der Waals surface area (Å²) in [4.78, 5) is 13.9. The van der Waals surface area contributed by atoms with E-state index in [2.05, 4.69) is 5.32 Å². The maximum atomic E-state index is 12.0. The van der Waals surface area contributed by atoms with E-state index in [1.54, 1.807) is 6.07 Å².